The highest BCUT2D eigenvalue weighted by Crippen LogP contribution is 2.34. The van der Waals surface area contributed by atoms with Crippen LogP contribution in [-0.2, 0) is 22.4 Å². The highest BCUT2D eigenvalue weighted by molar-refractivity contribution is 7.99. The third-order valence-electron chi connectivity index (χ3n) is 3.97. The quantitative estimate of drug-likeness (QED) is 0.603. The summed E-state index contributed by atoms with van der Waals surface area (Å²) in [6.45, 7) is 2.35. The maximum atomic E-state index is 12.4. The van der Waals surface area contributed by atoms with Crippen LogP contribution in [-0.4, -0.2) is 41.4 Å². The largest absolute Gasteiger partial charge is 0.383 e. The van der Waals surface area contributed by atoms with Gasteiger partial charge in [0.25, 0.3) is 5.56 Å². The zero-order chi connectivity index (χ0) is 17.1. The molecule has 0 radical (unpaired) electrons. The van der Waals surface area contributed by atoms with Gasteiger partial charge in [-0.15, -0.1) is 11.3 Å². The van der Waals surface area contributed by atoms with Crippen molar-refractivity contribution in [2.24, 2.45) is 0 Å². The molecule has 1 amide bonds. The van der Waals surface area contributed by atoms with E-state index in [2.05, 4.69) is 15.3 Å². The molecule has 2 N–H and O–H groups in total. The van der Waals surface area contributed by atoms with Crippen molar-refractivity contribution in [3.63, 3.8) is 0 Å². The lowest BCUT2D eigenvalue weighted by Crippen LogP contribution is -2.36. The Morgan fingerprint density at radius 2 is 2.25 bits per heavy atom. The van der Waals surface area contributed by atoms with E-state index in [1.54, 1.807) is 18.4 Å². The van der Waals surface area contributed by atoms with Crippen molar-refractivity contribution >= 4 is 39.2 Å². The van der Waals surface area contributed by atoms with Gasteiger partial charge in [0.1, 0.15) is 4.83 Å². The molecule has 0 spiro atoms. The lowest BCUT2D eigenvalue weighted by Gasteiger charge is -2.12. The number of aryl methyl sites for hydroxylation is 2. The second kappa shape index (κ2) is 7.67. The van der Waals surface area contributed by atoms with Gasteiger partial charge in [0, 0.05) is 18.0 Å². The molecule has 0 bridgehead atoms. The molecule has 1 aliphatic rings. The summed E-state index contributed by atoms with van der Waals surface area (Å²) in [6.07, 6.45) is 4.32. The molecule has 3 rings (SSSR count). The van der Waals surface area contributed by atoms with Gasteiger partial charge in [-0.3, -0.25) is 9.59 Å². The molecule has 0 aromatic carbocycles. The van der Waals surface area contributed by atoms with Crippen molar-refractivity contribution in [2.75, 3.05) is 19.5 Å². The molecule has 1 unspecified atom stereocenters. The number of rotatable bonds is 6. The fourth-order valence-electron chi connectivity index (χ4n) is 2.95. The standard InChI is InChI=1S/C16H21N3O3S2/c1-9(7-22-2)17-12(20)8-23-16-18-14(21)13-10-5-3-4-6-11(10)24-15(13)19-16/h9H,3-8H2,1-2H3,(H,17,20)(H,18,19,21). The molecule has 6 nitrogen and oxygen atoms in total. The van der Waals surface area contributed by atoms with E-state index < -0.39 is 0 Å². The number of fused-ring (bicyclic) bond motifs is 3. The Bertz CT molecular complexity index is 800. The summed E-state index contributed by atoms with van der Waals surface area (Å²) in [5.74, 6) is 0.117. The van der Waals surface area contributed by atoms with Crippen molar-refractivity contribution in [3.8, 4) is 0 Å². The van der Waals surface area contributed by atoms with E-state index in [1.807, 2.05) is 6.92 Å². The third kappa shape index (κ3) is 3.81. The number of amides is 1. The van der Waals surface area contributed by atoms with Gasteiger partial charge in [-0.05, 0) is 38.2 Å². The number of hydrogen-bond donors (Lipinski definition) is 2. The predicted molar refractivity (Wildman–Crippen MR) is 97.1 cm³/mol. The Hall–Kier alpha value is -1.38. The molecule has 130 valence electrons. The number of aromatic nitrogens is 2. The second-order valence-electron chi connectivity index (χ2n) is 5.97. The normalized spacial score (nSPS) is 15.2. The van der Waals surface area contributed by atoms with Crippen LogP contribution < -0.4 is 10.9 Å². The minimum atomic E-state index is -0.0993. The summed E-state index contributed by atoms with van der Waals surface area (Å²) in [7, 11) is 1.60. The number of nitrogens with one attached hydrogen (secondary N) is 2. The van der Waals surface area contributed by atoms with Crippen LogP contribution in [0, 0.1) is 0 Å². The molecule has 24 heavy (non-hydrogen) atoms. The topological polar surface area (TPSA) is 84.1 Å². The number of nitrogens with zero attached hydrogens (tertiary/aromatic N) is 1. The first-order chi connectivity index (χ1) is 11.6. The van der Waals surface area contributed by atoms with E-state index in [0.29, 0.717) is 11.8 Å². The van der Waals surface area contributed by atoms with Crippen molar-refractivity contribution in [1.82, 2.24) is 15.3 Å². The first-order valence-corrected chi connectivity index (χ1v) is 9.84. The summed E-state index contributed by atoms with van der Waals surface area (Å²) in [4.78, 5) is 33.8. The van der Waals surface area contributed by atoms with Gasteiger partial charge >= 0.3 is 0 Å². The zero-order valence-corrected chi connectivity index (χ0v) is 15.4. The number of thioether (sulfide) groups is 1. The summed E-state index contributed by atoms with van der Waals surface area (Å²) in [5, 5.41) is 4.09. The summed E-state index contributed by atoms with van der Waals surface area (Å²) < 4.78 is 4.99. The number of thiophene rings is 1. The third-order valence-corrected chi connectivity index (χ3v) is 6.03. The average molecular weight is 367 g/mol. The van der Waals surface area contributed by atoms with E-state index in [1.165, 1.54) is 28.6 Å². The van der Waals surface area contributed by atoms with E-state index >= 15 is 0 Å². The van der Waals surface area contributed by atoms with Crippen LogP contribution in [0.15, 0.2) is 9.95 Å². The molecule has 8 heteroatoms. The molecule has 0 aliphatic heterocycles. The van der Waals surface area contributed by atoms with E-state index in [9.17, 15) is 9.59 Å². The smallest absolute Gasteiger partial charge is 0.260 e. The van der Waals surface area contributed by atoms with Crippen LogP contribution in [0.2, 0.25) is 0 Å². The van der Waals surface area contributed by atoms with Gasteiger partial charge in [-0.25, -0.2) is 4.98 Å². The Balaban J connectivity index is 1.72. The van der Waals surface area contributed by atoms with Crippen LogP contribution >= 0.6 is 23.1 Å². The Morgan fingerprint density at radius 1 is 1.46 bits per heavy atom. The lowest BCUT2D eigenvalue weighted by atomic mass is 9.97. The van der Waals surface area contributed by atoms with Crippen LogP contribution in [0.1, 0.15) is 30.2 Å². The highest BCUT2D eigenvalue weighted by atomic mass is 32.2. The van der Waals surface area contributed by atoms with Gasteiger partial charge in [-0.2, -0.15) is 0 Å². The molecular weight excluding hydrogens is 346 g/mol. The minimum Gasteiger partial charge on any atom is -0.383 e. The van der Waals surface area contributed by atoms with E-state index in [0.717, 1.165) is 29.5 Å². The van der Waals surface area contributed by atoms with E-state index in [-0.39, 0.29) is 23.3 Å². The Kier molecular flexibility index (Phi) is 5.57. The maximum Gasteiger partial charge on any atom is 0.260 e. The van der Waals surface area contributed by atoms with Crippen LogP contribution in [0.25, 0.3) is 10.2 Å². The SMILES string of the molecule is COCC(C)NC(=O)CSc1nc2sc3c(c2c(=O)[nH]1)CCCC3. The molecule has 1 atom stereocenters. The predicted octanol–water partition coefficient (Wildman–Crippen LogP) is 2.11. The van der Waals surface area contributed by atoms with Gasteiger partial charge in [-0.1, -0.05) is 11.8 Å². The molecule has 1 aliphatic carbocycles. The van der Waals surface area contributed by atoms with Crippen LogP contribution in [0.3, 0.4) is 0 Å². The molecular formula is C16H21N3O3S2. The van der Waals surface area contributed by atoms with Crippen LogP contribution in [0.5, 0.6) is 0 Å². The number of methoxy groups -OCH3 is 1. The second-order valence-corrected chi connectivity index (χ2v) is 8.02. The van der Waals surface area contributed by atoms with Crippen molar-refractivity contribution in [3.05, 3.63) is 20.8 Å². The highest BCUT2D eigenvalue weighted by Gasteiger charge is 2.20. The first kappa shape index (κ1) is 17.4. The average Bonchev–Trinajstić information content (AvgIpc) is 2.92. The number of ether oxygens (including phenoxy) is 1. The Morgan fingerprint density at radius 3 is 3.04 bits per heavy atom. The van der Waals surface area contributed by atoms with Gasteiger partial charge in [0.2, 0.25) is 5.91 Å². The van der Waals surface area contributed by atoms with Crippen molar-refractivity contribution in [1.29, 1.82) is 0 Å². The summed E-state index contributed by atoms with van der Waals surface area (Å²) >= 11 is 2.87. The maximum absolute atomic E-state index is 12.4. The van der Waals surface area contributed by atoms with Gasteiger partial charge < -0.3 is 15.0 Å². The monoisotopic (exact) mass is 367 g/mol. The molecule has 2 heterocycles. The molecule has 0 saturated heterocycles. The van der Waals surface area contributed by atoms with Gasteiger partial charge in [0.15, 0.2) is 5.16 Å². The lowest BCUT2D eigenvalue weighted by molar-refractivity contribution is -0.119. The number of aromatic amines is 1. The van der Waals surface area contributed by atoms with E-state index in [4.69, 9.17) is 4.74 Å². The minimum absolute atomic E-state index is 0.0402. The zero-order valence-electron chi connectivity index (χ0n) is 13.8. The summed E-state index contributed by atoms with van der Waals surface area (Å²) in [5.41, 5.74) is 1.09. The number of carbonyl (C=O) groups excluding carboxylic acids is 1. The molecule has 2 aromatic rings. The fourth-order valence-corrected chi connectivity index (χ4v) is 4.95. The number of hydrogen-bond acceptors (Lipinski definition) is 6. The first-order valence-electron chi connectivity index (χ1n) is 8.04. The van der Waals surface area contributed by atoms with Crippen molar-refractivity contribution < 1.29 is 9.53 Å². The number of H-pyrrole nitrogens is 1. The molecule has 2 aromatic heterocycles. The van der Waals surface area contributed by atoms with Crippen molar-refractivity contribution in [2.45, 2.75) is 43.8 Å². The summed E-state index contributed by atoms with van der Waals surface area (Å²) in [6, 6.07) is -0.0402. The van der Waals surface area contributed by atoms with Gasteiger partial charge in [0.05, 0.1) is 17.7 Å². The molecule has 0 fully saturated rings. The fraction of sp³-hybridized carbons (Fsp3) is 0.562. The molecule has 0 saturated carbocycles. The van der Waals surface area contributed by atoms with Crippen LogP contribution in [0.4, 0.5) is 0 Å². The Labute approximate surface area is 148 Å². The number of carbonyl (C=O) groups is 1.